The molecule has 0 bridgehead atoms. The van der Waals surface area contributed by atoms with Crippen molar-refractivity contribution < 1.29 is 13.9 Å². The van der Waals surface area contributed by atoms with Gasteiger partial charge in [0.2, 0.25) is 0 Å². The van der Waals surface area contributed by atoms with Crippen LogP contribution in [-0.4, -0.2) is 17.7 Å². The van der Waals surface area contributed by atoms with Crippen LogP contribution < -0.4 is 5.32 Å². The molecule has 0 atom stereocenters. The third-order valence-electron chi connectivity index (χ3n) is 1.97. The lowest BCUT2D eigenvalue weighted by atomic mass is 10.3. The summed E-state index contributed by atoms with van der Waals surface area (Å²) in [5.74, 6) is -0.434. The molecule has 5 heteroatoms. The minimum absolute atomic E-state index is 0.0393. The Kier molecular flexibility index (Phi) is 5.25. The molecule has 0 aliphatic rings. The maximum absolute atomic E-state index is 13.1. The summed E-state index contributed by atoms with van der Waals surface area (Å²) in [6.45, 7) is 2.43. The highest BCUT2D eigenvalue weighted by Gasteiger charge is 2.05. The van der Waals surface area contributed by atoms with E-state index in [-0.39, 0.29) is 12.2 Å². The first kappa shape index (κ1) is 12.4. The molecule has 1 aromatic rings. The number of rotatable bonds is 5. The molecular weight excluding hydrogens is 211 g/mol. The van der Waals surface area contributed by atoms with E-state index in [9.17, 15) is 9.18 Å². The lowest BCUT2D eigenvalue weighted by Crippen LogP contribution is -2.25. The highest BCUT2D eigenvalue weighted by molar-refractivity contribution is 5.67. The molecule has 1 heterocycles. The van der Waals surface area contributed by atoms with Gasteiger partial charge in [0.25, 0.3) is 0 Å². The largest absolute Gasteiger partial charge is 0.450 e. The number of unbranched alkanes of at least 4 members (excludes halogenated alkanes) is 1. The number of carbonyl (C=O) groups excluding carboxylic acids is 1. The zero-order valence-electron chi connectivity index (χ0n) is 9.20. The van der Waals surface area contributed by atoms with E-state index in [4.69, 9.17) is 4.74 Å². The van der Waals surface area contributed by atoms with Crippen LogP contribution in [0.2, 0.25) is 0 Å². The van der Waals surface area contributed by atoms with Crippen molar-refractivity contribution in [3.8, 4) is 0 Å². The number of carbonyl (C=O) groups is 1. The number of amides is 1. The zero-order valence-corrected chi connectivity index (χ0v) is 9.20. The normalized spacial score (nSPS) is 9.88. The average molecular weight is 226 g/mol. The van der Waals surface area contributed by atoms with Gasteiger partial charge in [-0.25, -0.2) is 9.18 Å². The molecule has 0 unspecified atom stereocenters. The summed E-state index contributed by atoms with van der Waals surface area (Å²) >= 11 is 0. The van der Waals surface area contributed by atoms with Gasteiger partial charge in [0.05, 0.1) is 18.8 Å². The van der Waals surface area contributed by atoms with E-state index in [0.717, 1.165) is 12.8 Å². The Hall–Kier alpha value is -1.65. The second kappa shape index (κ2) is 6.76. The van der Waals surface area contributed by atoms with Gasteiger partial charge in [0.15, 0.2) is 0 Å². The van der Waals surface area contributed by atoms with E-state index in [1.807, 2.05) is 6.92 Å². The maximum atomic E-state index is 13.1. The van der Waals surface area contributed by atoms with Crippen LogP contribution in [0.25, 0.3) is 0 Å². The average Bonchev–Trinajstić information content (AvgIpc) is 2.28. The van der Waals surface area contributed by atoms with Crippen molar-refractivity contribution in [3.63, 3.8) is 0 Å². The fourth-order valence-corrected chi connectivity index (χ4v) is 1.06. The Balaban J connectivity index is 2.29. The van der Waals surface area contributed by atoms with Crippen molar-refractivity contribution in [1.29, 1.82) is 0 Å². The number of hydrogen-bond acceptors (Lipinski definition) is 3. The second-order valence-corrected chi connectivity index (χ2v) is 3.27. The third-order valence-corrected chi connectivity index (χ3v) is 1.97. The van der Waals surface area contributed by atoms with Gasteiger partial charge in [-0.15, -0.1) is 0 Å². The summed E-state index contributed by atoms with van der Waals surface area (Å²) in [5.41, 5.74) is 0.204. The van der Waals surface area contributed by atoms with Gasteiger partial charge in [0, 0.05) is 6.20 Å². The fraction of sp³-hybridized carbons (Fsp3) is 0.455. The van der Waals surface area contributed by atoms with Crippen LogP contribution in [0.5, 0.6) is 0 Å². The molecule has 0 saturated heterocycles. The van der Waals surface area contributed by atoms with Crippen LogP contribution in [-0.2, 0) is 11.3 Å². The molecular formula is C11H15FN2O2. The van der Waals surface area contributed by atoms with Gasteiger partial charge in [-0.2, -0.15) is 0 Å². The molecule has 1 rings (SSSR count). The minimum atomic E-state index is -0.543. The van der Waals surface area contributed by atoms with Crippen LogP contribution in [0.15, 0.2) is 18.3 Å². The zero-order chi connectivity index (χ0) is 11.8. The minimum Gasteiger partial charge on any atom is -0.450 e. The number of aromatic nitrogens is 1. The van der Waals surface area contributed by atoms with Gasteiger partial charge < -0.3 is 10.1 Å². The first-order valence-electron chi connectivity index (χ1n) is 5.24. The molecule has 1 aromatic heterocycles. The number of alkyl carbamates (subject to hydrolysis) is 1. The summed E-state index contributed by atoms with van der Waals surface area (Å²) in [6, 6.07) is 2.80. The Morgan fingerprint density at radius 2 is 2.44 bits per heavy atom. The van der Waals surface area contributed by atoms with Gasteiger partial charge in [0.1, 0.15) is 5.82 Å². The van der Waals surface area contributed by atoms with Gasteiger partial charge in [-0.3, -0.25) is 4.98 Å². The summed E-state index contributed by atoms with van der Waals surface area (Å²) in [4.78, 5) is 14.9. The van der Waals surface area contributed by atoms with Gasteiger partial charge in [-0.05, 0) is 18.6 Å². The summed E-state index contributed by atoms with van der Waals surface area (Å²) < 4.78 is 17.9. The Bertz CT molecular complexity index is 345. The van der Waals surface area contributed by atoms with E-state index < -0.39 is 11.9 Å². The molecule has 0 aliphatic carbocycles. The van der Waals surface area contributed by atoms with Crippen LogP contribution in [0, 0.1) is 5.82 Å². The monoisotopic (exact) mass is 226 g/mol. The van der Waals surface area contributed by atoms with Crippen molar-refractivity contribution >= 4 is 6.09 Å². The number of nitrogens with one attached hydrogen (secondary N) is 1. The highest BCUT2D eigenvalue weighted by Crippen LogP contribution is 2.01. The van der Waals surface area contributed by atoms with Crippen molar-refractivity contribution in [2.45, 2.75) is 26.3 Å². The number of halogens is 1. The maximum Gasteiger partial charge on any atom is 0.407 e. The fourth-order valence-electron chi connectivity index (χ4n) is 1.06. The Labute approximate surface area is 93.8 Å². The van der Waals surface area contributed by atoms with Crippen molar-refractivity contribution in [2.75, 3.05) is 6.61 Å². The van der Waals surface area contributed by atoms with Crippen LogP contribution in [0.4, 0.5) is 9.18 Å². The Morgan fingerprint density at radius 1 is 1.62 bits per heavy atom. The van der Waals surface area contributed by atoms with E-state index in [0.29, 0.717) is 6.61 Å². The lowest BCUT2D eigenvalue weighted by Gasteiger charge is -2.06. The molecule has 0 radical (unpaired) electrons. The standard InChI is InChI=1S/C11H15FN2O2/c1-2-3-7-16-11(15)14-8-10-9(12)5-4-6-13-10/h4-6H,2-3,7-8H2,1H3,(H,14,15). The third kappa shape index (κ3) is 4.25. The molecule has 16 heavy (non-hydrogen) atoms. The first-order chi connectivity index (χ1) is 7.74. The smallest absolute Gasteiger partial charge is 0.407 e. The van der Waals surface area contributed by atoms with Crippen LogP contribution >= 0.6 is 0 Å². The van der Waals surface area contributed by atoms with Crippen LogP contribution in [0.1, 0.15) is 25.5 Å². The summed E-state index contributed by atoms with van der Waals surface area (Å²) in [6.07, 6.45) is 2.72. The second-order valence-electron chi connectivity index (χ2n) is 3.27. The number of nitrogens with zero attached hydrogens (tertiary/aromatic N) is 1. The molecule has 88 valence electrons. The summed E-state index contributed by atoms with van der Waals surface area (Å²) in [7, 11) is 0. The van der Waals surface area contributed by atoms with Gasteiger partial charge in [-0.1, -0.05) is 13.3 Å². The number of ether oxygens (including phenoxy) is 1. The Morgan fingerprint density at radius 3 is 3.12 bits per heavy atom. The molecule has 0 aromatic carbocycles. The molecule has 0 spiro atoms. The number of pyridine rings is 1. The van der Waals surface area contributed by atoms with E-state index in [2.05, 4.69) is 10.3 Å². The summed E-state index contributed by atoms with van der Waals surface area (Å²) in [5, 5.41) is 2.44. The molecule has 1 N–H and O–H groups in total. The van der Waals surface area contributed by atoms with E-state index in [1.54, 1.807) is 0 Å². The molecule has 0 saturated carbocycles. The predicted molar refractivity (Wildman–Crippen MR) is 57.3 cm³/mol. The van der Waals surface area contributed by atoms with E-state index in [1.165, 1.54) is 18.3 Å². The topological polar surface area (TPSA) is 51.2 Å². The first-order valence-corrected chi connectivity index (χ1v) is 5.24. The SMILES string of the molecule is CCCCOC(=O)NCc1ncccc1F. The quantitative estimate of drug-likeness (QED) is 0.783. The van der Waals surface area contributed by atoms with E-state index >= 15 is 0 Å². The lowest BCUT2D eigenvalue weighted by molar-refractivity contribution is 0.144. The van der Waals surface area contributed by atoms with Crippen molar-refractivity contribution in [2.24, 2.45) is 0 Å². The van der Waals surface area contributed by atoms with Crippen molar-refractivity contribution in [1.82, 2.24) is 10.3 Å². The van der Waals surface area contributed by atoms with Crippen molar-refractivity contribution in [3.05, 3.63) is 29.8 Å². The van der Waals surface area contributed by atoms with Gasteiger partial charge >= 0.3 is 6.09 Å². The predicted octanol–water partition coefficient (Wildman–Crippen LogP) is 2.25. The molecule has 0 aliphatic heterocycles. The van der Waals surface area contributed by atoms with Crippen LogP contribution in [0.3, 0.4) is 0 Å². The highest BCUT2D eigenvalue weighted by atomic mass is 19.1. The molecule has 0 fully saturated rings. The number of hydrogen-bond donors (Lipinski definition) is 1. The molecule has 1 amide bonds. The molecule has 4 nitrogen and oxygen atoms in total.